The fraction of sp³-hybridized carbons (Fsp3) is 0.217. The molecule has 0 aliphatic carbocycles. The van der Waals surface area contributed by atoms with Crippen LogP contribution in [0.5, 0.6) is 5.75 Å². The Bertz CT molecular complexity index is 1090. The Morgan fingerprint density at radius 2 is 1.87 bits per heavy atom. The number of carbonyl (C=O) groups is 1. The number of fused-ring (bicyclic) bond motifs is 1. The molecule has 0 aliphatic heterocycles. The van der Waals surface area contributed by atoms with Gasteiger partial charge < -0.3 is 9.52 Å². The van der Waals surface area contributed by atoms with E-state index in [0.717, 1.165) is 21.5 Å². The van der Waals surface area contributed by atoms with Crippen LogP contribution in [0.1, 0.15) is 18.2 Å². The second-order valence-corrected chi connectivity index (χ2v) is 7.96. The van der Waals surface area contributed by atoms with Crippen molar-refractivity contribution < 1.29 is 14.3 Å². The lowest BCUT2D eigenvalue weighted by Crippen LogP contribution is -2.40. The zero-order valence-electron chi connectivity index (χ0n) is 16.7. The number of anilines is 1. The molecule has 0 unspecified atom stereocenters. The Labute approximate surface area is 179 Å². The van der Waals surface area contributed by atoms with Crippen LogP contribution in [0.15, 0.2) is 71.3 Å². The molecule has 0 saturated heterocycles. The minimum absolute atomic E-state index is 0.0430. The monoisotopic (exact) mass is 421 g/mol. The Kier molecular flexibility index (Phi) is 6.11. The first kappa shape index (κ1) is 20.1. The van der Waals surface area contributed by atoms with Crippen LogP contribution >= 0.6 is 11.3 Å². The number of hydrogen-bond acceptors (Lipinski definition) is 6. The van der Waals surface area contributed by atoms with Gasteiger partial charge in [-0.2, -0.15) is 0 Å². The van der Waals surface area contributed by atoms with Crippen molar-refractivity contribution in [3.8, 4) is 5.75 Å². The maximum Gasteiger partial charge on any atom is 0.242 e. The Morgan fingerprint density at radius 1 is 1.07 bits per heavy atom. The van der Waals surface area contributed by atoms with Gasteiger partial charge >= 0.3 is 0 Å². The summed E-state index contributed by atoms with van der Waals surface area (Å²) in [7, 11) is 0. The van der Waals surface area contributed by atoms with E-state index in [-0.39, 0.29) is 18.2 Å². The van der Waals surface area contributed by atoms with Crippen molar-refractivity contribution in [2.75, 3.05) is 18.0 Å². The van der Waals surface area contributed by atoms with Crippen LogP contribution in [-0.4, -0.2) is 34.0 Å². The largest absolute Gasteiger partial charge is 0.508 e. The summed E-state index contributed by atoms with van der Waals surface area (Å²) < 4.78 is 6.54. The summed E-state index contributed by atoms with van der Waals surface area (Å²) >= 11 is 1.51. The van der Waals surface area contributed by atoms with E-state index >= 15 is 0 Å². The van der Waals surface area contributed by atoms with Gasteiger partial charge in [-0.05, 0) is 37.3 Å². The van der Waals surface area contributed by atoms with Crippen molar-refractivity contribution in [2.24, 2.45) is 0 Å². The van der Waals surface area contributed by atoms with E-state index in [2.05, 4.69) is 4.98 Å². The van der Waals surface area contributed by atoms with Gasteiger partial charge in [0.2, 0.25) is 5.91 Å². The van der Waals surface area contributed by atoms with E-state index in [0.29, 0.717) is 24.8 Å². The summed E-state index contributed by atoms with van der Waals surface area (Å²) in [5, 5.41) is 10.9. The van der Waals surface area contributed by atoms with E-state index in [4.69, 9.17) is 4.42 Å². The third kappa shape index (κ3) is 4.53. The topological polar surface area (TPSA) is 69.8 Å². The summed E-state index contributed by atoms with van der Waals surface area (Å²) in [6, 6.07) is 18.8. The van der Waals surface area contributed by atoms with Crippen LogP contribution < -0.4 is 4.90 Å². The van der Waals surface area contributed by atoms with Crippen molar-refractivity contribution in [2.45, 2.75) is 20.0 Å². The number of benzene rings is 2. The molecule has 1 amide bonds. The zero-order chi connectivity index (χ0) is 20.9. The smallest absolute Gasteiger partial charge is 0.242 e. The normalized spacial score (nSPS) is 11.3. The first-order valence-corrected chi connectivity index (χ1v) is 10.6. The average Bonchev–Trinajstić information content (AvgIpc) is 3.39. The van der Waals surface area contributed by atoms with Gasteiger partial charge in [-0.3, -0.25) is 14.6 Å². The molecule has 0 saturated carbocycles. The van der Waals surface area contributed by atoms with Crippen molar-refractivity contribution in [1.29, 1.82) is 0 Å². The maximum absolute atomic E-state index is 13.2. The molecule has 6 nitrogen and oxygen atoms in total. The number of likely N-dealkylation sites (N-methyl/N-ethyl adjacent to an activating group) is 1. The minimum atomic E-state index is -0.0430. The first-order valence-electron chi connectivity index (χ1n) is 9.81. The summed E-state index contributed by atoms with van der Waals surface area (Å²) in [5.74, 6) is 0.938. The summed E-state index contributed by atoms with van der Waals surface area (Å²) in [4.78, 5) is 21.5. The summed E-state index contributed by atoms with van der Waals surface area (Å²) in [5.41, 5.74) is 1.66. The third-order valence-electron chi connectivity index (χ3n) is 4.83. The SMILES string of the molecule is CCN(C(=O)CN(Cc1ccco1)Cc1ccccc1O)c1nc2ccccc2s1. The highest BCUT2D eigenvalue weighted by molar-refractivity contribution is 7.22. The standard InChI is InChI=1S/C23H23N3O3S/c1-2-26(23-24-19-10-4-6-12-21(19)30-23)22(28)16-25(15-18-9-7-13-29-18)14-17-8-3-5-11-20(17)27/h3-13,27H,2,14-16H2,1H3. The molecular weight excluding hydrogens is 398 g/mol. The van der Waals surface area contributed by atoms with Crippen LogP contribution in [0.4, 0.5) is 5.13 Å². The van der Waals surface area contributed by atoms with Gasteiger partial charge in [0.15, 0.2) is 5.13 Å². The van der Waals surface area contributed by atoms with Crippen LogP contribution in [0.3, 0.4) is 0 Å². The molecule has 0 spiro atoms. The molecule has 0 radical (unpaired) electrons. The minimum Gasteiger partial charge on any atom is -0.508 e. The molecular formula is C23H23N3O3S. The van der Waals surface area contributed by atoms with E-state index in [1.807, 2.05) is 60.4 Å². The van der Waals surface area contributed by atoms with E-state index in [1.54, 1.807) is 23.3 Å². The number of furan rings is 1. The summed E-state index contributed by atoms with van der Waals surface area (Å²) in [6.07, 6.45) is 1.62. The molecule has 7 heteroatoms. The zero-order valence-corrected chi connectivity index (χ0v) is 17.5. The molecule has 4 aromatic rings. The van der Waals surface area contributed by atoms with Crippen LogP contribution in [0.25, 0.3) is 10.2 Å². The fourth-order valence-corrected chi connectivity index (χ4v) is 4.39. The molecule has 154 valence electrons. The fourth-order valence-electron chi connectivity index (χ4n) is 3.35. The maximum atomic E-state index is 13.2. The second kappa shape index (κ2) is 9.11. The number of nitrogens with zero attached hydrogens (tertiary/aromatic N) is 3. The number of aromatic hydroxyl groups is 1. The van der Waals surface area contributed by atoms with E-state index in [1.165, 1.54) is 11.3 Å². The molecule has 0 bridgehead atoms. The van der Waals surface area contributed by atoms with Crippen LogP contribution in [0.2, 0.25) is 0 Å². The lowest BCUT2D eigenvalue weighted by Gasteiger charge is -2.25. The number of aromatic nitrogens is 1. The molecule has 4 rings (SSSR count). The average molecular weight is 422 g/mol. The number of carbonyl (C=O) groups excluding carboxylic acids is 1. The number of hydrogen-bond donors (Lipinski definition) is 1. The highest BCUT2D eigenvalue weighted by Gasteiger charge is 2.22. The van der Waals surface area contributed by atoms with Crippen LogP contribution in [-0.2, 0) is 17.9 Å². The lowest BCUT2D eigenvalue weighted by molar-refractivity contribution is -0.120. The number of amides is 1. The Morgan fingerprint density at radius 3 is 2.60 bits per heavy atom. The highest BCUT2D eigenvalue weighted by Crippen LogP contribution is 2.29. The van der Waals surface area contributed by atoms with Gasteiger partial charge in [-0.15, -0.1) is 0 Å². The predicted molar refractivity (Wildman–Crippen MR) is 119 cm³/mol. The van der Waals surface area contributed by atoms with Gasteiger partial charge in [0.05, 0.1) is 29.6 Å². The van der Waals surface area contributed by atoms with Crippen molar-refractivity contribution in [1.82, 2.24) is 9.88 Å². The number of rotatable bonds is 8. The molecule has 0 atom stereocenters. The Balaban J connectivity index is 1.55. The number of phenolic OH excluding ortho intramolecular Hbond substituents is 1. The van der Waals surface area contributed by atoms with Gasteiger partial charge in [0, 0.05) is 18.7 Å². The Hall–Kier alpha value is -3.16. The number of para-hydroxylation sites is 2. The second-order valence-electron chi connectivity index (χ2n) is 6.96. The third-order valence-corrected chi connectivity index (χ3v) is 5.89. The van der Waals surface area contributed by atoms with Crippen molar-refractivity contribution in [3.05, 3.63) is 78.3 Å². The number of thiazole rings is 1. The predicted octanol–water partition coefficient (Wildman–Crippen LogP) is 4.65. The van der Waals surface area contributed by atoms with E-state index in [9.17, 15) is 9.90 Å². The van der Waals surface area contributed by atoms with Crippen molar-refractivity contribution >= 4 is 32.6 Å². The van der Waals surface area contributed by atoms with Gasteiger partial charge in [0.25, 0.3) is 0 Å². The molecule has 2 aromatic carbocycles. The highest BCUT2D eigenvalue weighted by atomic mass is 32.1. The van der Waals surface area contributed by atoms with Crippen LogP contribution in [0, 0.1) is 0 Å². The molecule has 2 heterocycles. The quantitative estimate of drug-likeness (QED) is 0.448. The molecule has 0 fully saturated rings. The molecule has 0 aliphatic rings. The van der Waals surface area contributed by atoms with Gasteiger partial charge in [-0.25, -0.2) is 4.98 Å². The van der Waals surface area contributed by atoms with Gasteiger partial charge in [0.1, 0.15) is 11.5 Å². The molecule has 30 heavy (non-hydrogen) atoms. The molecule has 2 aromatic heterocycles. The lowest BCUT2D eigenvalue weighted by atomic mass is 10.2. The van der Waals surface area contributed by atoms with Crippen molar-refractivity contribution in [3.63, 3.8) is 0 Å². The molecule has 1 N–H and O–H groups in total. The number of phenols is 1. The summed E-state index contributed by atoms with van der Waals surface area (Å²) in [6.45, 7) is 3.55. The van der Waals surface area contributed by atoms with E-state index < -0.39 is 0 Å². The van der Waals surface area contributed by atoms with Gasteiger partial charge in [-0.1, -0.05) is 41.7 Å². The first-order chi connectivity index (χ1) is 14.6.